The molecule has 3 aromatic rings. The molecule has 0 fully saturated rings. The monoisotopic (exact) mass is 385 g/mol. The molecule has 0 aliphatic heterocycles. The van der Waals surface area contributed by atoms with Gasteiger partial charge in [0, 0.05) is 17.1 Å². The van der Waals surface area contributed by atoms with Crippen molar-refractivity contribution in [2.24, 2.45) is 0 Å². The Labute approximate surface area is 162 Å². The van der Waals surface area contributed by atoms with E-state index in [1.165, 1.54) is 0 Å². The molecule has 0 N–H and O–H groups in total. The summed E-state index contributed by atoms with van der Waals surface area (Å²) < 4.78 is 10.9. The summed E-state index contributed by atoms with van der Waals surface area (Å²) in [4.78, 5) is 19.0. The maximum absolute atomic E-state index is 12.9. The smallest absolute Gasteiger partial charge is 0.258 e. The molecule has 1 amide bonds. The van der Waals surface area contributed by atoms with Gasteiger partial charge in [-0.3, -0.25) is 4.79 Å². The molecule has 1 heterocycles. The van der Waals surface area contributed by atoms with Crippen LogP contribution in [0.1, 0.15) is 30.1 Å². The van der Waals surface area contributed by atoms with Crippen LogP contribution in [0.2, 0.25) is 5.02 Å². The molecule has 3 rings (SSSR count). The van der Waals surface area contributed by atoms with Crippen LogP contribution in [0.3, 0.4) is 0 Å². The molecule has 0 radical (unpaired) electrons. The molecule has 0 aliphatic rings. The summed E-state index contributed by atoms with van der Waals surface area (Å²) in [6.07, 6.45) is 0. The summed E-state index contributed by atoms with van der Waals surface area (Å²) in [6, 6.07) is 14.4. The van der Waals surface area contributed by atoms with Gasteiger partial charge in [0.15, 0.2) is 0 Å². The van der Waals surface area contributed by atoms with E-state index in [4.69, 9.17) is 20.9 Å². The highest BCUT2D eigenvalue weighted by molar-refractivity contribution is 6.30. The quantitative estimate of drug-likeness (QED) is 0.601. The number of carbonyl (C=O) groups is 1. The van der Waals surface area contributed by atoms with Crippen molar-refractivity contribution in [2.75, 3.05) is 13.2 Å². The molecule has 0 bridgehead atoms. The number of nitrogens with zero attached hydrogens (tertiary/aromatic N) is 3. The molecule has 0 aliphatic carbocycles. The van der Waals surface area contributed by atoms with Gasteiger partial charge in [-0.1, -0.05) is 28.9 Å². The highest BCUT2D eigenvalue weighted by atomic mass is 35.5. The van der Waals surface area contributed by atoms with E-state index in [-0.39, 0.29) is 12.5 Å². The summed E-state index contributed by atoms with van der Waals surface area (Å²) in [7, 11) is 0. The Bertz CT molecular complexity index is 909. The maximum Gasteiger partial charge on any atom is 0.258 e. The fourth-order valence-electron chi connectivity index (χ4n) is 2.62. The van der Waals surface area contributed by atoms with Gasteiger partial charge in [0.1, 0.15) is 12.3 Å². The average Bonchev–Trinajstić information content (AvgIpc) is 3.15. The summed E-state index contributed by atoms with van der Waals surface area (Å²) in [5.41, 5.74) is 1.31. The number of amides is 1. The van der Waals surface area contributed by atoms with E-state index in [0.717, 1.165) is 5.56 Å². The fraction of sp³-hybridized carbons (Fsp3) is 0.250. The van der Waals surface area contributed by atoms with Crippen molar-refractivity contribution in [1.82, 2.24) is 15.0 Å². The molecule has 0 saturated carbocycles. The summed E-state index contributed by atoms with van der Waals surface area (Å²) >= 11 is 5.90. The molecule has 6 nitrogen and oxygen atoms in total. The maximum atomic E-state index is 12.9. The second-order valence-corrected chi connectivity index (χ2v) is 6.20. The molecular formula is C20H20ClN3O3. The van der Waals surface area contributed by atoms with Gasteiger partial charge in [0.25, 0.3) is 5.91 Å². The zero-order valence-electron chi connectivity index (χ0n) is 15.2. The molecule has 7 heteroatoms. The first kappa shape index (κ1) is 18.9. The first-order valence-electron chi connectivity index (χ1n) is 8.72. The molecular weight excluding hydrogens is 366 g/mol. The number of para-hydroxylation sites is 1. The van der Waals surface area contributed by atoms with Crippen LogP contribution < -0.4 is 4.74 Å². The Morgan fingerprint density at radius 2 is 1.89 bits per heavy atom. The number of hydrogen-bond donors (Lipinski definition) is 0. The highest BCUT2D eigenvalue weighted by Crippen LogP contribution is 2.22. The minimum Gasteiger partial charge on any atom is -0.493 e. The summed E-state index contributed by atoms with van der Waals surface area (Å²) in [5, 5.41) is 4.63. The topological polar surface area (TPSA) is 68.5 Å². The SMILES string of the molecule is CCOc1ccccc1C(=O)N(CC)Cc1nc(-c2ccc(Cl)cc2)no1. The third kappa shape index (κ3) is 4.46. The van der Waals surface area contributed by atoms with Crippen LogP contribution in [0.15, 0.2) is 53.1 Å². The number of benzene rings is 2. The van der Waals surface area contributed by atoms with Gasteiger partial charge in [-0.05, 0) is 50.2 Å². The van der Waals surface area contributed by atoms with Crippen molar-refractivity contribution >= 4 is 17.5 Å². The third-order valence-corrected chi connectivity index (χ3v) is 4.23. The second kappa shape index (κ2) is 8.68. The first-order chi connectivity index (χ1) is 13.1. The molecule has 1 aromatic heterocycles. The van der Waals surface area contributed by atoms with Crippen LogP contribution >= 0.6 is 11.6 Å². The lowest BCUT2D eigenvalue weighted by atomic mass is 10.1. The highest BCUT2D eigenvalue weighted by Gasteiger charge is 2.21. The Morgan fingerprint density at radius 1 is 1.15 bits per heavy atom. The Kier molecular flexibility index (Phi) is 6.08. The van der Waals surface area contributed by atoms with Gasteiger partial charge in [-0.25, -0.2) is 0 Å². The summed E-state index contributed by atoms with van der Waals surface area (Å²) in [6.45, 7) is 4.99. The number of halogens is 1. The van der Waals surface area contributed by atoms with Crippen LogP contribution in [-0.4, -0.2) is 34.1 Å². The van der Waals surface area contributed by atoms with Gasteiger partial charge < -0.3 is 14.2 Å². The largest absolute Gasteiger partial charge is 0.493 e. The lowest BCUT2D eigenvalue weighted by Gasteiger charge is -2.20. The van der Waals surface area contributed by atoms with E-state index in [9.17, 15) is 4.79 Å². The molecule has 140 valence electrons. The van der Waals surface area contributed by atoms with E-state index in [1.54, 1.807) is 29.2 Å². The van der Waals surface area contributed by atoms with Crippen molar-refractivity contribution in [3.63, 3.8) is 0 Å². The number of carbonyl (C=O) groups excluding carboxylic acids is 1. The molecule has 0 spiro atoms. The zero-order valence-corrected chi connectivity index (χ0v) is 15.9. The minimum atomic E-state index is -0.146. The molecule has 27 heavy (non-hydrogen) atoms. The van der Waals surface area contributed by atoms with Crippen molar-refractivity contribution < 1.29 is 14.1 Å². The number of rotatable bonds is 7. The molecule has 0 unspecified atom stereocenters. The summed E-state index contributed by atoms with van der Waals surface area (Å²) in [5.74, 6) is 1.24. The van der Waals surface area contributed by atoms with Crippen molar-refractivity contribution in [3.05, 3.63) is 65.0 Å². The first-order valence-corrected chi connectivity index (χ1v) is 9.09. The van der Waals surface area contributed by atoms with Gasteiger partial charge >= 0.3 is 0 Å². The Hall–Kier alpha value is -2.86. The van der Waals surface area contributed by atoms with E-state index in [1.807, 2.05) is 38.1 Å². The lowest BCUT2D eigenvalue weighted by molar-refractivity contribution is 0.0730. The normalized spacial score (nSPS) is 10.6. The van der Waals surface area contributed by atoms with Gasteiger partial charge in [-0.15, -0.1) is 0 Å². The minimum absolute atomic E-state index is 0.146. The van der Waals surface area contributed by atoms with Gasteiger partial charge in [0.05, 0.1) is 12.2 Å². The van der Waals surface area contributed by atoms with E-state index in [2.05, 4.69) is 10.1 Å². The average molecular weight is 386 g/mol. The molecule has 2 aromatic carbocycles. The Balaban J connectivity index is 1.77. The fourth-order valence-corrected chi connectivity index (χ4v) is 2.75. The third-order valence-electron chi connectivity index (χ3n) is 3.98. The van der Waals surface area contributed by atoms with Crippen molar-refractivity contribution in [3.8, 4) is 17.1 Å². The Morgan fingerprint density at radius 3 is 2.59 bits per heavy atom. The van der Waals surface area contributed by atoms with Crippen LogP contribution in [0.25, 0.3) is 11.4 Å². The number of hydrogen-bond acceptors (Lipinski definition) is 5. The predicted octanol–water partition coefficient (Wildman–Crippen LogP) is 4.45. The van der Waals surface area contributed by atoms with Crippen molar-refractivity contribution in [2.45, 2.75) is 20.4 Å². The second-order valence-electron chi connectivity index (χ2n) is 5.77. The van der Waals surface area contributed by atoms with E-state index >= 15 is 0 Å². The lowest BCUT2D eigenvalue weighted by Crippen LogP contribution is -2.30. The van der Waals surface area contributed by atoms with Crippen LogP contribution in [-0.2, 0) is 6.54 Å². The standard InChI is InChI=1S/C20H20ClN3O3/c1-3-24(20(25)16-7-5-6-8-17(16)26-4-2)13-18-22-19(23-27-18)14-9-11-15(21)12-10-14/h5-12H,3-4,13H2,1-2H3. The van der Waals surface area contributed by atoms with E-state index in [0.29, 0.717) is 41.2 Å². The molecule has 0 atom stereocenters. The van der Waals surface area contributed by atoms with Gasteiger partial charge in [0.2, 0.25) is 11.7 Å². The predicted molar refractivity (Wildman–Crippen MR) is 103 cm³/mol. The zero-order chi connectivity index (χ0) is 19.2. The van der Waals surface area contributed by atoms with E-state index < -0.39 is 0 Å². The van der Waals surface area contributed by atoms with Crippen LogP contribution in [0.5, 0.6) is 5.75 Å². The van der Waals surface area contributed by atoms with Crippen LogP contribution in [0.4, 0.5) is 0 Å². The van der Waals surface area contributed by atoms with Gasteiger partial charge in [-0.2, -0.15) is 4.98 Å². The molecule has 0 saturated heterocycles. The van der Waals surface area contributed by atoms with Crippen LogP contribution in [0, 0.1) is 0 Å². The number of ether oxygens (including phenoxy) is 1. The van der Waals surface area contributed by atoms with Crippen molar-refractivity contribution in [1.29, 1.82) is 0 Å². The number of aromatic nitrogens is 2.